The number of ether oxygens (including phenoxy) is 1. The summed E-state index contributed by atoms with van der Waals surface area (Å²) in [7, 11) is 1.57. The third-order valence-electron chi connectivity index (χ3n) is 6.64. The fourth-order valence-corrected chi connectivity index (χ4v) is 4.06. The zero-order valence-electron chi connectivity index (χ0n) is 23.8. The summed E-state index contributed by atoms with van der Waals surface area (Å²) in [4.78, 5) is 42.0. The number of amides is 3. The molecule has 0 aliphatic carbocycles. The maximum Gasteiger partial charge on any atom is 0.248 e. The molecule has 208 valence electrons. The van der Waals surface area contributed by atoms with E-state index in [0.29, 0.717) is 29.2 Å². The Balaban J connectivity index is 2.02. The lowest BCUT2D eigenvalue weighted by molar-refractivity contribution is -0.128. The van der Waals surface area contributed by atoms with Crippen LogP contribution in [0, 0.1) is 20.8 Å². The summed E-state index contributed by atoms with van der Waals surface area (Å²) in [6.07, 6.45) is 0.490. The van der Waals surface area contributed by atoms with Crippen molar-refractivity contribution < 1.29 is 23.6 Å². The van der Waals surface area contributed by atoms with E-state index in [1.807, 2.05) is 52.8 Å². The van der Waals surface area contributed by atoms with Crippen LogP contribution in [0.3, 0.4) is 0 Å². The predicted molar refractivity (Wildman–Crippen MR) is 151 cm³/mol. The highest BCUT2D eigenvalue weighted by atomic mass is 16.5. The van der Waals surface area contributed by atoms with Gasteiger partial charge in [-0.2, -0.15) is 0 Å². The van der Waals surface area contributed by atoms with Crippen LogP contribution in [-0.2, 0) is 14.4 Å². The fraction of sp³-hybridized carbons (Fsp3) is 0.400. The Morgan fingerprint density at radius 1 is 1.03 bits per heavy atom. The van der Waals surface area contributed by atoms with E-state index in [2.05, 4.69) is 15.8 Å². The Bertz CT molecular complexity index is 1310. The molecule has 3 amide bonds. The molecule has 9 nitrogen and oxygen atoms in total. The van der Waals surface area contributed by atoms with Gasteiger partial charge in [-0.3, -0.25) is 19.3 Å². The highest BCUT2D eigenvalue weighted by Crippen LogP contribution is 2.33. The lowest BCUT2D eigenvalue weighted by atomic mass is 9.97. The summed E-state index contributed by atoms with van der Waals surface area (Å²) < 4.78 is 10.3. The highest BCUT2D eigenvalue weighted by molar-refractivity contribution is 6.03. The number of anilines is 2. The maximum atomic E-state index is 14.0. The van der Waals surface area contributed by atoms with E-state index in [4.69, 9.17) is 9.26 Å². The monoisotopic (exact) mass is 534 g/mol. The van der Waals surface area contributed by atoms with E-state index in [-0.39, 0.29) is 36.4 Å². The van der Waals surface area contributed by atoms with E-state index in [9.17, 15) is 14.4 Å². The highest BCUT2D eigenvalue weighted by Gasteiger charge is 2.35. The fourth-order valence-electron chi connectivity index (χ4n) is 4.06. The summed E-state index contributed by atoms with van der Waals surface area (Å²) in [5, 5.41) is 9.52. The SMILES string of the molecule is CCC(C)(C)NC(=O)[C@@H](c1ccc(OC)cc1)N(C(=O)CCC(=O)Nc1cc(C)on1)c1cc(C)ccc1C. The molecular weight excluding hydrogens is 496 g/mol. The molecule has 0 saturated carbocycles. The first-order chi connectivity index (χ1) is 18.4. The third kappa shape index (κ3) is 7.69. The predicted octanol–water partition coefficient (Wildman–Crippen LogP) is 5.41. The minimum Gasteiger partial charge on any atom is -0.497 e. The van der Waals surface area contributed by atoms with Gasteiger partial charge >= 0.3 is 0 Å². The molecule has 1 atom stereocenters. The summed E-state index contributed by atoms with van der Waals surface area (Å²) in [6, 6.07) is 13.5. The van der Waals surface area contributed by atoms with Crippen molar-refractivity contribution in [2.45, 2.75) is 72.4 Å². The van der Waals surface area contributed by atoms with E-state index in [0.717, 1.165) is 11.1 Å². The molecule has 1 heterocycles. The van der Waals surface area contributed by atoms with E-state index in [1.165, 1.54) is 4.90 Å². The third-order valence-corrected chi connectivity index (χ3v) is 6.64. The van der Waals surface area contributed by atoms with E-state index < -0.39 is 11.6 Å². The van der Waals surface area contributed by atoms with Gasteiger partial charge in [0.1, 0.15) is 17.6 Å². The van der Waals surface area contributed by atoms with Crippen LogP contribution in [-0.4, -0.2) is 35.5 Å². The number of carbonyl (C=O) groups excluding carboxylic acids is 3. The number of nitrogens with zero attached hydrogens (tertiary/aromatic N) is 2. The normalized spacial score (nSPS) is 12.0. The molecule has 0 unspecified atom stereocenters. The lowest BCUT2D eigenvalue weighted by Crippen LogP contribution is -2.50. The minimum atomic E-state index is -0.976. The molecule has 0 spiro atoms. The molecular formula is C30H38N4O5. The Kier molecular flexibility index (Phi) is 9.51. The van der Waals surface area contributed by atoms with Gasteiger partial charge in [0.15, 0.2) is 5.82 Å². The van der Waals surface area contributed by atoms with Crippen LogP contribution in [0.2, 0.25) is 0 Å². The van der Waals surface area contributed by atoms with Crippen LogP contribution < -0.4 is 20.3 Å². The molecule has 0 saturated heterocycles. The van der Waals surface area contributed by atoms with Crippen molar-refractivity contribution >= 4 is 29.2 Å². The Morgan fingerprint density at radius 2 is 1.72 bits per heavy atom. The smallest absolute Gasteiger partial charge is 0.248 e. The van der Waals surface area contributed by atoms with Crippen LogP contribution in [0.15, 0.2) is 53.1 Å². The summed E-state index contributed by atoms with van der Waals surface area (Å²) in [6.45, 7) is 11.4. The second-order valence-corrected chi connectivity index (χ2v) is 10.3. The molecule has 9 heteroatoms. The van der Waals surface area contributed by atoms with E-state index >= 15 is 0 Å². The second kappa shape index (κ2) is 12.6. The molecule has 0 bridgehead atoms. The number of rotatable bonds is 11. The first-order valence-electron chi connectivity index (χ1n) is 13.0. The van der Waals surface area contributed by atoms with Crippen molar-refractivity contribution in [3.05, 3.63) is 71.0 Å². The van der Waals surface area contributed by atoms with Crippen molar-refractivity contribution in [3.8, 4) is 5.75 Å². The second-order valence-electron chi connectivity index (χ2n) is 10.3. The van der Waals surface area contributed by atoms with Gasteiger partial charge in [-0.15, -0.1) is 0 Å². The lowest BCUT2D eigenvalue weighted by Gasteiger charge is -2.35. The van der Waals surface area contributed by atoms with E-state index in [1.54, 1.807) is 44.4 Å². The molecule has 0 aliphatic rings. The number of aromatic nitrogens is 1. The molecule has 0 aliphatic heterocycles. The first-order valence-corrected chi connectivity index (χ1v) is 13.0. The van der Waals surface area contributed by atoms with Gasteiger partial charge in [-0.25, -0.2) is 0 Å². The number of hydrogen-bond acceptors (Lipinski definition) is 6. The summed E-state index contributed by atoms with van der Waals surface area (Å²) >= 11 is 0. The molecule has 3 rings (SSSR count). The summed E-state index contributed by atoms with van der Waals surface area (Å²) in [5.74, 6) is 0.426. The topological polar surface area (TPSA) is 114 Å². The number of nitrogens with one attached hydrogen (secondary N) is 2. The van der Waals surface area contributed by atoms with Crippen molar-refractivity contribution in [2.75, 3.05) is 17.3 Å². The zero-order chi connectivity index (χ0) is 28.7. The number of benzene rings is 2. The largest absolute Gasteiger partial charge is 0.497 e. The number of aryl methyl sites for hydroxylation is 3. The molecule has 2 aromatic carbocycles. The Labute approximate surface area is 229 Å². The van der Waals surface area contributed by atoms with Crippen molar-refractivity contribution in [1.29, 1.82) is 0 Å². The molecule has 39 heavy (non-hydrogen) atoms. The van der Waals surface area contributed by atoms with Gasteiger partial charge in [0, 0.05) is 30.1 Å². The zero-order valence-corrected chi connectivity index (χ0v) is 23.8. The van der Waals surface area contributed by atoms with Gasteiger partial charge in [0.05, 0.1) is 7.11 Å². The average molecular weight is 535 g/mol. The molecule has 2 N–H and O–H groups in total. The van der Waals surface area contributed by atoms with Gasteiger partial charge in [0.25, 0.3) is 0 Å². The van der Waals surface area contributed by atoms with Crippen LogP contribution in [0.25, 0.3) is 0 Å². The van der Waals surface area contributed by atoms with Crippen molar-refractivity contribution in [1.82, 2.24) is 10.5 Å². The van der Waals surface area contributed by atoms with Gasteiger partial charge < -0.3 is 19.9 Å². The van der Waals surface area contributed by atoms with Crippen LogP contribution >= 0.6 is 0 Å². The van der Waals surface area contributed by atoms with Crippen LogP contribution in [0.5, 0.6) is 5.75 Å². The minimum absolute atomic E-state index is 0.0937. The first kappa shape index (κ1) is 29.4. The van der Waals surface area contributed by atoms with Crippen LogP contribution in [0.4, 0.5) is 11.5 Å². The maximum absolute atomic E-state index is 14.0. The van der Waals surface area contributed by atoms with Gasteiger partial charge in [0.2, 0.25) is 17.7 Å². The summed E-state index contributed by atoms with van der Waals surface area (Å²) in [5.41, 5.74) is 2.51. The molecule has 0 radical (unpaired) electrons. The van der Waals surface area contributed by atoms with Crippen molar-refractivity contribution in [2.24, 2.45) is 0 Å². The molecule has 0 fully saturated rings. The Morgan fingerprint density at radius 3 is 2.31 bits per heavy atom. The average Bonchev–Trinajstić information content (AvgIpc) is 3.31. The standard InChI is InChI=1S/C30H38N4O5/c1-8-30(5,6)32-29(37)28(22-11-13-23(38-7)14-12-22)34(24-17-19(2)9-10-20(24)3)27(36)16-15-26(35)31-25-18-21(4)39-33-25/h9-14,17-18,28H,8,15-16H2,1-7H3,(H,32,37)(H,31,33,35)/t28-/m1/s1. The van der Waals surface area contributed by atoms with Crippen LogP contribution in [0.1, 0.15) is 68.5 Å². The molecule has 1 aromatic heterocycles. The number of methoxy groups -OCH3 is 1. The molecule has 3 aromatic rings. The number of hydrogen-bond donors (Lipinski definition) is 2. The number of carbonyl (C=O) groups is 3. The Hall–Kier alpha value is -4.14. The van der Waals surface area contributed by atoms with Gasteiger partial charge in [-0.05, 0) is 75.9 Å². The van der Waals surface area contributed by atoms with Crippen molar-refractivity contribution in [3.63, 3.8) is 0 Å². The quantitative estimate of drug-likeness (QED) is 0.340. The van der Waals surface area contributed by atoms with Gasteiger partial charge in [-0.1, -0.05) is 36.3 Å².